The lowest BCUT2D eigenvalue weighted by Gasteiger charge is -2.36. The van der Waals surface area contributed by atoms with Crippen LogP contribution in [0.15, 0.2) is 54.6 Å². The van der Waals surface area contributed by atoms with Crippen LogP contribution < -0.4 is 9.64 Å². The summed E-state index contributed by atoms with van der Waals surface area (Å²) in [6, 6.07) is 15.8. The first-order valence-electron chi connectivity index (χ1n) is 8.08. The summed E-state index contributed by atoms with van der Waals surface area (Å²) >= 11 is 0. The molecule has 7 heteroatoms. The number of nitro groups is 1. The van der Waals surface area contributed by atoms with E-state index in [2.05, 4.69) is 17.0 Å². The summed E-state index contributed by atoms with van der Waals surface area (Å²) < 4.78 is 5.44. The first-order valence-corrected chi connectivity index (χ1v) is 8.08. The average molecular weight is 341 g/mol. The van der Waals surface area contributed by atoms with Gasteiger partial charge in [-0.1, -0.05) is 18.2 Å². The Bertz CT molecular complexity index is 726. The van der Waals surface area contributed by atoms with Gasteiger partial charge in [-0.25, -0.2) is 0 Å². The third kappa shape index (κ3) is 4.26. The Morgan fingerprint density at radius 1 is 1.00 bits per heavy atom. The molecule has 1 heterocycles. The van der Waals surface area contributed by atoms with Gasteiger partial charge in [-0.2, -0.15) is 0 Å². The number of amides is 1. The number of hydrogen-bond donors (Lipinski definition) is 0. The van der Waals surface area contributed by atoms with Crippen LogP contribution in [0, 0.1) is 10.1 Å². The lowest BCUT2D eigenvalue weighted by atomic mass is 10.2. The predicted octanol–water partition coefficient (Wildman–Crippen LogP) is 2.32. The molecule has 0 unspecified atom stereocenters. The number of carbonyl (C=O) groups is 1. The summed E-state index contributed by atoms with van der Waals surface area (Å²) in [6.45, 7) is 2.80. The number of non-ortho nitro benzene ring substituents is 1. The Balaban J connectivity index is 1.47. The van der Waals surface area contributed by atoms with E-state index >= 15 is 0 Å². The molecule has 0 spiro atoms. The Kier molecular flexibility index (Phi) is 5.13. The number of piperazine rings is 1. The van der Waals surface area contributed by atoms with Crippen LogP contribution in [0.1, 0.15) is 0 Å². The SMILES string of the molecule is O=C(COc1ccc([N+](=O)[O-])cc1)N1CCN(c2ccccc2)CC1. The predicted molar refractivity (Wildman–Crippen MR) is 93.8 cm³/mol. The van der Waals surface area contributed by atoms with E-state index in [0.717, 1.165) is 18.8 Å². The molecule has 0 radical (unpaired) electrons. The van der Waals surface area contributed by atoms with E-state index in [-0.39, 0.29) is 18.2 Å². The minimum absolute atomic E-state index is 0.00397. The van der Waals surface area contributed by atoms with E-state index < -0.39 is 4.92 Å². The summed E-state index contributed by atoms with van der Waals surface area (Å²) in [5, 5.41) is 10.6. The van der Waals surface area contributed by atoms with E-state index in [0.29, 0.717) is 18.8 Å². The first-order chi connectivity index (χ1) is 12.1. The second-order valence-corrected chi connectivity index (χ2v) is 5.74. The van der Waals surface area contributed by atoms with Crippen molar-refractivity contribution < 1.29 is 14.5 Å². The van der Waals surface area contributed by atoms with E-state index in [1.807, 2.05) is 18.2 Å². The third-order valence-corrected chi connectivity index (χ3v) is 4.16. The highest BCUT2D eigenvalue weighted by molar-refractivity contribution is 5.78. The van der Waals surface area contributed by atoms with Crippen molar-refractivity contribution >= 4 is 17.3 Å². The maximum absolute atomic E-state index is 12.3. The highest BCUT2D eigenvalue weighted by Gasteiger charge is 2.21. The normalized spacial score (nSPS) is 14.2. The van der Waals surface area contributed by atoms with Crippen LogP contribution in [0.25, 0.3) is 0 Å². The lowest BCUT2D eigenvalue weighted by molar-refractivity contribution is -0.384. The molecule has 2 aromatic carbocycles. The van der Waals surface area contributed by atoms with Crippen LogP contribution in [-0.2, 0) is 4.79 Å². The molecule has 0 aromatic heterocycles. The van der Waals surface area contributed by atoms with Crippen molar-refractivity contribution in [3.63, 3.8) is 0 Å². The zero-order valence-electron chi connectivity index (χ0n) is 13.7. The molecule has 3 rings (SSSR count). The van der Waals surface area contributed by atoms with Crippen molar-refractivity contribution in [3.8, 4) is 5.75 Å². The number of ether oxygens (including phenoxy) is 1. The van der Waals surface area contributed by atoms with Crippen molar-refractivity contribution in [3.05, 3.63) is 64.7 Å². The topological polar surface area (TPSA) is 75.9 Å². The number of anilines is 1. The van der Waals surface area contributed by atoms with E-state index in [9.17, 15) is 14.9 Å². The number of rotatable bonds is 5. The van der Waals surface area contributed by atoms with Crippen molar-refractivity contribution in [1.29, 1.82) is 0 Å². The van der Waals surface area contributed by atoms with Crippen LogP contribution in [0.2, 0.25) is 0 Å². The van der Waals surface area contributed by atoms with Crippen molar-refractivity contribution in [1.82, 2.24) is 4.90 Å². The number of para-hydroxylation sites is 1. The average Bonchev–Trinajstić information content (AvgIpc) is 2.67. The summed E-state index contributed by atoms with van der Waals surface area (Å²) in [7, 11) is 0. The largest absolute Gasteiger partial charge is 0.484 e. The molecule has 0 aliphatic carbocycles. The van der Waals surface area contributed by atoms with Crippen LogP contribution in [0.3, 0.4) is 0 Å². The molecule has 1 aliphatic heterocycles. The number of nitro benzene ring substituents is 1. The molecule has 2 aromatic rings. The van der Waals surface area contributed by atoms with Gasteiger partial charge < -0.3 is 14.5 Å². The van der Waals surface area contributed by atoms with E-state index in [1.165, 1.54) is 24.3 Å². The molecular weight excluding hydrogens is 322 g/mol. The lowest BCUT2D eigenvalue weighted by Crippen LogP contribution is -2.50. The molecule has 1 amide bonds. The Morgan fingerprint density at radius 2 is 1.64 bits per heavy atom. The smallest absolute Gasteiger partial charge is 0.269 e. The molecule has 0 N–H and O–H groups in total. The van der Waals surface area contributed by atoms with Gasteiger partial charge in [0.1, 0.15) is 5.75 Å². The van der Waals surface area contributed by atoms with Gasteiger partial charge in [0.15, 0.2) is 6.61 Å². The second kappa shape index (κ2) is 7.65. The summed E-state index contributed by atoms with van der Waals surface area (Å²) in [4.78, 5) is 26.4. The van der Waals surface area contributed by atoms with E-state index in [4.69, 9.17) is 4.74 Å². The fraction of sp³-hybridized carbons (Fsp3) is 0.278. The number of benzene rings is 2. The van der Waals surface area contributed by atoms with Crippen LogP contribution >= 0.6 is 0 Å². The van der Waals surface area contributed by atoms with Crippen LogP contribution in [0.4, 0.5) is 11.4 Å². The van der Waals surface area contributed by atoms with Gasteiger partial charge in [0, 0.05) is 44.0 Å². The monoisotopic (exact) mass is 341 g/mol. The standard InChI is InChI=1S/C18H19N3O4/c22-18(14-25-17-8-6-16(7-9-17)21(23)24)20-12-10-19(11-13-20)15-4-2-1-3-5-15/h1-9H,10-14H2. The Morgan fingerprint density at radius 3 is 2.24 bits per heavy atom. The minimum Gasteiger partial charge on any atom is -0.484 e. The van der Waals surface area contributed by atoms with Gasteiger partial charge >= 0.3 is 0 Å². The summed E-state index contributed by atoms with van der Waals surface area (Å²) in [5.74, 6) is 0.368. The molecule has 25 heavy (non-hydrogen) atoms. The molecule has 0 saturated carbocycles. The highest BCUT2D eigenvalue weighted by Crippen LogP contribution is 2.18. The van der Waals surface area contributed by atoms with Crippen molar-refractivity contribution in [2.24, 2.45) is 0 Å². The van der Waals surface area contributed by atoms with Crippen LogP contribution in [-0.4, -0.2) is 48.5 Å². The molecule has 7 nitrogen and oxygen atoms in total. The van der Waals surface area contributed by atoms with Crippen molar-refractivity contribution in [2.45, 2.75) is 0 Å². The Labute approximate surface area is 145 Å². The molecular formula is C18H19N3O4. The molecule has 0 bridgehead atoms. The minimum atomic E-state index is -0.471. The van der Waals surface area contributed by atoms with E-state index in [1.54, 1.807) is 4.90 Å². The molecule has 1 aliphatic rings. The van der Waals surface area contributed by atoms with Crippen LogP contribution in [0.5, 0.6) is 5.75 Å². The number of nitrogens with zero attached hydrogens (tertiary/aromatic N) is 3. The fourth-order valence-corrected chi connectivity index (χ4v) is 2.75. The molecule has 0 atom stereocenters. The van der Waals surface area contributed by atoms with Gasteiger partial charge in [0.2, 0.25) is 0 Å². The van der Waals surface area contributed by atoms with Gasteiger partial charge in [-0.15, -0.1) is 0 Å². The molecule has 1 saturated heterocycles. The second-order valence-electron chi connectivity index (χ2n) is 5.74. The zero-order chi connectivity index (χ0) is 17.6. The number of carbonyl (C=O) groups excluding carboxylic acids is 1. The maximum Gasteiger partial charge on any atom is 0.269 e. The quantitative estimate of drug-likeness (QED) is 0.616. The maximum atomic E-state index is 12.3. The van der Waals surface area contributed by atoms with Gasteiger partial charge in [-0.3, -0.25) is 14.9 Å². The molecule has 130 valence electrons. The number of hydrogen-bond acceptors (Lipinski definition) is 5. The van der Waals surface area contributed by atoms with Gasteiger partial charge in [0.25, 0.3) is 11.6 Å². The van der Waals surface area contributed by atoms with Gasteiger partial charge in [0.05, 0.1) is 4.92 Å². The highest BCUT2D eigenvalue weighted by atomic mass is 16.6. The van der Waals surface area contributed by atoms with Crippen molar-refractivity contribution in [2.75, 3.05) is 37.7 Å². The zero-order valence-corrected chi connectivity index (χ0v) is 13.7. The fourth-order valence-electron chi connectivity index (χ4n) is 2.75. The molecule has 1 fully saturated rings. The third-order valence-electron chi connectivity index (χ3n) is 4.16. The summed E-state index contributed by atoms with van der Waals surface area (Å²) in [5.41, 5.74) is 1.16. The Hall–Kier alpha value is -3.09. The first kappa shape index (κ1) is 16.8. The summed E-state index contributed by atoms with van der Waals surface area (Å²) in [6.07, 6.45) is 0. The van der Waals surface area contributed by atoms with Gasteiger partial charge in [-0.05, 0) is 24.3 Å².